The Morgan fingerprint density at radius 3 is 2.58 bits per heavy atom. The maximum absolute atomic E-state index is 14.7. The number of hydrogen-bond acceptors (Lipinski definition) is 5. The van der Waals surface area contributed by atoms with Crippen LogP contribution in [0, 0.1) is 5.95 Å². The molecule has 188 valence electrons. The van der Waals surface area contributed by atoms with Gasteiger partial charge in [0.25, 0.3) is 5.56 Å². The number of H-pyrrole nitrogens is 1. The van der Waals surface area contributed by atoms with Crippen LogP contribution in [0.1, 0.15) is 54.7 Å². The molecular formula is C26H27F2N5O3. The first kappa shape index (κ1) is 25.2. The predicted molar refractivity (Wildman–Crippen MR) is 128 cm³/mol. The van der Waals surface area contributed by atoms with Crippen molar-refractivity contribution in [3.8, 4) is 0 Å². The Hall–Kier alpha value is -3.95. The van der Waals surface area contributed by atoms with Crippen LogP contribution in [0.5, 0.6) is 0 Å². The Labute approximate surface area is 206 Å². The van der Waals surface area contributed by atoms with Gasteiger partial charge < -0.3 is 15.2 Å². The normalized spacial score (nSPS) is 18.3. The Bertz CT molecular complexity index is 1280. The van der Waals surface area contributed by atoms with E-state index in [1.807, 2.05) is 19.9 Å². The Morgan fingerprint density at radius 1 is 1.19 bits per heavy atom. The molecule has 2 N–H and O–H groups in total. The third-order valence-electron chi connectivity index (χ3n) is 6.17. The number of amides is 2. The summed E-state index contributed by atoms with van der Waals surface area (Å²) in [7, 11) is 0. The van der Waals surface area contributed by atoms with Gasteiger partial charge in [0.2, 0.25) is 17.8 Å². The van der Waals surface area contributed by atoms with Crippen LogP contribution < -0.4 is 10.9 Å². The minimum atomic E-state index is -1.37. The number of hydrogen-bond donors (Lipinski definition) is 2. The van der Waals surface area contributed by atoms with Crippen LogP contribution in [0.3, 0.4) is 0 Å². The second-order valence-electron chi connectivity index (χ2n) is 9.10. The van der Waals surface area contributed by atoms with Crippen LogP contribution in [0.25, 0.3) is 0 Å². The molecule has 1 fully saturated rings. The zero-order valence-electron chi connectivity index (χ0n) is 19.9. The lowest BCUT2D eigenvalue weighted by molar-refractivity contribution is -0.138. The lowest BCUT2D eigenvalue weighted by atomic mass is 9.99. The van der Waals surface area contributed by atoms with Crippen LogP contribution in [-0.4, -0.2) is 50.4 Å². The van der Waals surface area contributed by atoms with Gasteiger partial charge in [0.1, 0.15) is 12.2 Å². The summed E-state index contributed by atoms with van der Waals surface area (Å²) in [4.78, 5) is 49.1. The highest BCUT2D eigenvalue weighted by Crippen LogP contribution is 2.27. The van der Waals surface area contributed by atoms with Crippen LogP contribution in [0.2, 0.25) is 0 Å². The van der Waals surface area contributed by atoms with E-state index in [1.54, 1.807) is 36.4 Å². The number of rotatable bonds is 7. The van der Waals surface area contributed by atoms with Gasteiger partial charge in [0, 0.05) is 18.2 Å². The minimum Gasteiger partial charge on any atom is -0.342 e. The Balaban J connectivity index is 1.58. The molecule has 2 amide bonds. The van der Waals surface area contributed by atoms with Gasteiger partial charge in [0.05, 0.1) is 36.6 Å². The molecule has 0 aliphatic carbocycles. The molecule has 1 saturated heterocycles. The fraction of sp³-hybridized carbons (Fsp3) is 0.346. The van der Waals surface area contributed by atoms with Crippen molar-refractivity contribution in [1.29, 1.82) is 0 Å². The number of aromatic nitrogens is 3. The number of halogens is 2. The molecule has 1 aliphatic heterocycles. The van der Waals surface area contributed by atoms with E-state index in [4.69, 9.17) is 0 Å². The van der Waals surface area contributed by atoms with Gasteiger partial charge in [-0.15, -0.1) is 0 Å². The number of nitrogens with one attached hydrogen (secondary N) is 2. The molecule has 0 bridgehead atoms. The molecule has 2 aromatic heterocycles. The second kappa shape index (κ2) is 10.8. The molecular weight excluding hydrogens is 468 g/mol. The number of carbonyl (C=O) groups is 2. The quantitative estimate of drug-likeness (QED) is 0.490. The van der Waals surface area contributed by atoms with Gasteiger partial charge in [-0.25, -0.2) is 9.37 Å². The van der Waals surface area contributed by atoms with E-state index in [-0.39, 0.29) is 25.3 Å². The molecule has 4 rings (SSSR count). The maximum Gasteiger partial charge on any atom is 0.266 e. The molecule has 3 heterocycles. The zero-order valence-corrected chi connectivity index (χ0v) is 19.9. The number of pyridine rings is 1. The van der Waals surface area contributed by atoms with E-state index in [9.17, 15) is 23.2 Å². The molecule has 0 unspecified atom stereocenters. The molecule has 0 radical (unpaired) electrons. The van der Waals surface area contributed by atoms with Crippen LogP contribution in [0.15, 0.2) is 59.7 Å². The van der Waals surface area contributed by atoms with Crippen LogP contribution in [-0.2, 0) is 16.0 Å². The fourth-order valence-electron chi connectivity index (χ4n) is 4.30. The molecule has 0 saturated carbocycles. The fourth-order valence-corrected chi connectivity index (χ4v) is 4.30. The SMILES string of the molecule is CC(C)c1ccc([C@@H](NC(=O)[C@@H]2C[C@@H](F)CN2C(=O)Cc2c[nH]c(=O)cn2)c2ccccc2)nc1F. The smallest absolute Gasteiger partial charge is 0.266 e. The van der Waals surface area contributed by atoms with Gasteiger partial charge in [-0.2, -0.15) is 4.39 Å². The van der Waals surface area contributed by atoms with Crippen molar-refractivity contribution in [2.24, 2.45) is 0 Å². The predicted octanol–water partition coefficient (Wildman–Crippen LogP) is 2.81. The summed E-state index contributed by atoms with van der Waals surface area (Å²) in [5.74, 6) is -1.74. The van der Waals surface area contributed by atoms with E-state index in [2.05, 4.69) is 20.3 Å². The van der Waals surface area contributed by atoms with Crippen molar-refractivity contribution in [2.45, 2.75) is 50.9 Å². The van der Waals surface area contributed by atoms with Gasteiger partial charge in [-0.1, -0.05) is 50.2 Å². The van der Waals surface area contributed by atoms with Crippen molar-refractivity contribution in [2.75, 3.05) is 6.54 Å². The highest BCUT2D eigenvalue weighted by molar-refractivity contribution is 5.89. The monoisotopic (exact) mass is 495 g/mol. The van der Waals surface area contributed by atoms with Crippen LogP contribution in [0.4, 0.5) is 8.78 Å². The number of benzene rings is 1. The average molecular weight is 496 g/mol. The third-order valence-corrected chi connectivity index (χ3v) is 6.17. The number of nitrogens with zero attached hydrogens (tertiary/aromatic N) is 3. The molecule has 1 aromatic carbocycles. The van der Waals surface area contributed by atoms with E-state index in [1.165, 1.54) is 11.1 Å². The lowest BCUT2D eigenvalue weighted by Crippen LogP contribution is -2.47. The molecule has 3 atom stereocenters. The first-order chi connectivity index (χ1) is 17.2. The number of aromatic amines is 1. The van der Waals surface area contributed by atoms with Crippen LogP contribution >= 0.6 is 0 Å². The first-order valence-corrected chi connectivity index (χ1v) is 11.7. The molecule has 1 aliphatic rings. The van der Waals surface area contributed by atoms with Crippen molar-refractivity contribution in [3.63, 3.8) is 0 Å². The maximum atomic E-state index is 14.7. The molecule has 36 heavy (non-hydrogen) atoms. The molecule has 8 nitrogen and oxygen atoms in total. The summed E-state index contributed by atoms with van der Waals surface area (Å²) >= 11 is 0. The largest absolute Gasteiger partial charge is 0.342 e. The lowest BCUT2D eigenvalue weighted by Gasteiger charge is -2.26. The molecule has 10 heteroatoms. The minimum absolute atomic E-state index is 0.0622. The third kappa shape index (κ3) is 5.64. The van der Waals surface area contributed by atoms with Crippen molar-refractivity contribution < 1.29 is 18.4 Å². The summed E-state index contributed by atoms with van der Waals surface area (Å²) in [5, 5.41) is 2.85. The Morgan fingerprint density at radius 2 is 1.94 bits per heavy atom. The standard InChI is InChI=1S/C26H27F2N5O3/c1-15(2)19-8-9-20(31-25(19)28)24(16-6-4-3-5-7-16)32-26(36)21-10-17(27)14-33(21)23(35)11-18-12-30-22(34)13-29-18/h3-9,12-13,15,17,21,24H,10-11,14H2,1-2H3,(H,30,34)(H,32,36)/t17-,21+,24+/m1/s1. The molecule has 0 spiro atoms. The molecule has 3 aromatic rings. The van der Waals surface area contributed by atoms with Crippen molar-refractivity contribution in [1.82, 2.24) is 25.2 Å². The Kier molecular flexibility index (Phi) is 7.52. The van der Waals surface area contributed by atoms with E-state index in [0.717, 1.165) is 6.20 Å². The van der Waals surface area contributed by atoms with E-state index < -0.39 is 41.6 Å². The summed E-state index contributed by atoms with van der Waals surface area (Å²) in [6.45, 7) is 3.49. The van der Waals surface area contributed by atoms with Gasteiger partial charge in [-0.3, -0.25) is 19.4 Å². The van der Waals surface area contributed by atoms with Crippen molar-refractivity contribution in [3.05, 3.63) is 93.7 Å². The first-order valence-electron chi connectivity index (χ1n) is 11.7. The summed E-state index contributed by atoms with van der Waals surface area (Å²) in [6.07, 6.45) is 0.635. The summed E-state index contributed by atoms with van der Waals surface area (Å²) in [5.41, 5.74) is 1.31. The highest BCUT2D eigenvalue weighted by atomic mass is 19.1. The number of carbonyl (C=O) groups excluding carboxylic acids is 2. The average Bonchev–Trinajstić information content (AvgIpc) is 3.26. The van der Waals surface area contributed by atoms with Crippen molar-refractivity contribution >= 4 is 11.8 Å². The zero-order chi connectivity index (χ0) is 25.8. The van der Waals surface area contributed by atoms with E-state index in [0.29, 0.717) is 22.5 Å². The summed E-state index contributed by atoms with van der Waals surface area (Å²) in [6, 6.07) is 10.4. The van der Waals surface area contributed by atoms with Gasteiger partial charge >= 0.3 is 0 Å². The second-order valence-corrected chi connectivity index (χ2v) is 9.10. The summed E-state index contributed by atoms with van der Waals surface area (Å²) < 4.78 is 29.1. The highest BCUT2D eigenvalue weighted by Gasteiger charge is 2.40. The van der Waals surface area contributed by atoms with E-state index >= 15 is 0 Å². The van der Waals surface area contributed by atoms with Gasteiger partial charge in [0.15, 0.2) is 0 Å². The number of alkyl halides is 1. The number of likely N-dealkylation sites (tertiary alicyclic amines) is 1. The topological polar surface area (TPSA) is 108 Å². The van der Waals surface area contributed by atoms with Gasteiger partial charge in [-0.05, 0) is 17.5 Å².